The quantitative estimate of drug-likeness (QED) is 0.652. The molecular weight excluding hydrogens is 239 g/mol. The largest absolute Gasteiger partial charge is 0.294 e. The lowest BCUT2D eigenvalue weighted by Crippen LogP contribution is -2.04. The van der Waals surface area contributed by atoms with Gasteiger partial charge in [0.2, 0.25) is 0 Å². The van der Waals surface area contributed by atoms with Crippen molar-refractivity contribution in [1.82, 2.24) is 0 Å². The van der Waals surface area contributed by atoms with Crippen molar-refractivity contribution >= 4 is 28.4 Å². The average molecular weight is 248 g/mol. The monoisotopic (exact) mass is 248 g/mol. The number of ketones is 1. The molecule has 0 aromatic heterocycles. The van der Waals surface area contributed by atoms with Gasteiger partial charge in [0.05, 0.1) is 0 Å². The highest BCUT2D eigenvalue weighted by Crippen LogP contribution is 2.15. The maximum absolute atomic E-state index is 11.1. The highest BCUT2D eigenvalue weighted by Gasteiger charge is 2.09. The molecule has 0 amide bonds. The molecule has 1 aliphatic rings. The fourth-order valence-electron chi connectivity index (χ4n) is 1.01. The second kappa shape index (κ2) is 3.91. The Morgan fingerprint density at radius 3 is 3.00 bits per heavy atom. The van der Waals surface area contributed by atoms with Crippen molar-refractivity contribution in [3.63, 3.8) is 0 Å². The van der Waals surface area contributed by atoms with Crippen LogP contribution in [-0.4, -0.2) is 5.78 Å². The van der Waals surface area contributed by atoms with E-state index in [0.29, 0.717) is 5.78 Å². The van der Waals surface area contributed by atoms with E-state index in [1.54, 1.807) is 0 Å². The number of halogens is 1. The molecule has 1 nitrogen and oxygen atoms in total. The van der Waals surface area contributed by atoms with E-state index in [1.807, 2.05) is 16.2 Å². The number of Topliss-reactive ketones (excluding diaryl/α,β-unsaturated/α-hetero) is 1. The molecule has 0 aromatic carbocycles. The molecule has 0 heterocycles. The smallest absolute Gasteiger partial charge is 0.162 e. The zero-order valence-electron chi connectivity index (χ0n) is 5.64. The summed E-state index contributed by atoms with van der Waals surface area (Å²) >= 11 is 2.13. The molecule has 2 heteroatoms. The summed E-state index contributed by atoms with van der Waals surface area (Å²) in [5, 5.41) is 0. The van der Waals surface area contributed by atoms with Crippen LogP contribution in [0.25, 0.3) is 0 Å². The minimum Gasteiger partial charge on any atom is -0.294 e. The van der Waals surface area contributed by atoms with Crippen LogP contribution in [0.15, 0.2) is 21.8 Å². The van der Waals surface area contributed by atoms with E-state index >= 15 is 0 Å². The van der Waals surface area contributed by atoms with Crippen LogP contribution in [0.4, 0.5) is 0 Å². The van der Waals surface area contributed by atoms with Crippen molar-refractivity contribution in [3.8, 4) is 0 Å². The number of allylic oxidation sites excluding steroid dienone is 3. The second-order valence-corrected chi connectivity index (χ2v) is 2.99. The number of carbonyl (C=O) groups excluding carboxylic acids is 1. The van der Waals surface area contributed by atoms with Gasteiger partial charge in [-0.3, -0.25) is 4.79 Å². The maximum atomic E-state index is 11.1. The van der Waals surface area contributed by atoms with Crippen molar-refractivity contribution in [2.24, 2.45) is 0 Å². The molecule has 10 heavy (non-hydrogen) atoms. The van der Waals surface area contributed by atoms with Crippen LogP contribution in [0.2, 0.25) is 0 Å². The molecule has 0 unspecified atom stereocenters. The Kier molecular flexibility index (Phi) is 3.12. The molecule has 0 spiro atoms. The molecule has 0 N–H and O–H groups in total. The predicted octanol–water partition coefficient (Wildman–Crippen LogP) is 2.61. The molecule has 0 bridgehead atoms. The number of carbonyl (C=O) groups is 1. The van der Waals surface area contributed by atoms with Gasteiger partial charge in [-0.1, -0.05) is 28.7 Å². The van der Waals surface area contributed by atoms with Crippen LogP contribution in [0.1, 0.15) is 19.3 Å². The summed E-state index contributed by atoms with van der Waals surface area (Å²) in [6, 6.07) is 0. The Morgan fingerprint density at radius 2 is 2.40 bits per heavy atom. The van der Waals surface area contributed by atoms with Gasteiger partial charge in [-0.15, -0.1) is 0 Å². The standard InChI is InChI=1S/C8H9IO/c9-6-5-7-3-1-2-4-8(7)10/h3,5-6H,1-2,4H2/b6-5+. The Bertz CT molecular complexity index is 191. The molecule has 0 atom stereocenters. The highest BCUT2D eigenvalue weighted by atomic mass is 127. The van der Waals surface area contributed by atoms with Gasteiger partial charge in [0.15, 0.2) is 5.78 Å². The molecule has 0 saturated carbocycles. The van der Waals surface area contributed by atoms with Crippen LogP contribution in [-0.2, 0) is 4.79 Å². The molecule has 0 fully saturated rings. The van der Waals surface area contributed by atoms with Gasteiger partial charge in [-0.2, -0.15) is 0 Å². The SMILES string of the molecule is O=C1CCCC=C1/C=C/I. The summed E-state index contributed by atoms with van der Waals surface area (Å²) in [7, 11) is 0. The summed E-state index contributed by atoms with van der Waals surface area (Å²) in [5.74, 6) is 0.291. The fraction of sp³-hybridized carbons (Fsp3) is 0.375. The molecule has 0 aliphatic heterocycles. The molecule has 1 rings (SSSR count). The first-order valence-electron chi connectivity index (χ1n) is 3.34. The third kappa shape index (κ3) is 1.94. The second-order valence-electron chi connectivity index (χ2n) is 2.27. The van der Waals surface area contributed by atoms with Gasteiger partial charge in [0.1, 0.15) is 0 Å². The summed E-state index contributed by atoms with van der Waals surface area (Å²) in [6.07, 6.45) is 6.70. The summed E-state index contributed by atoms with van der Waals surface area (Å²) in [4.78, 5) is 11.1. The number of hydrogen-bond acceptors (Lipinski definition) is 1. The molecule has 54 valence electrons. The van der Waals surface area contributed by atoms with Gasteiger partial charge in [0, 0.05) is 12.0 Å². The minimum atomic E-state index is 0.291. The van der Waals surface area contributed by atoms with E-state index in [4.69, 9.17) is 0 Å². The maximum Gasteiger partial charge on any atom is 0.162 e. The Labute approximate surface area is 74.3 Å². The first kappa shape index (κ1) is 7.98. The van der Waals surface area contributed by atoms with E-state index in [1.165, 1.54) is 0 Å². The lowest BCUT2D eigenvalue weighted by atomic mass is 9.98. The van der Waals surface area contributed by atoms with E-state index in [-0.39, 0.29) is 0 Å². The zero-order chi connectivity index (χ0) is 7.40. The van der Waals surface area contributed by atoms with Crippen LogP contribution in [0.5, 0.6) is 0 Å². The third-order valence-corrected chi connectivity index (χ3v) is 1.90. The lowest BCUT2D eigenvalue weighted by Gasteiger charge is -2.06. The van der Waals surface area contributed by atoms with Crippen molar-refractivity contribution in [2.45, 2.75) is 19.3 Å². The number of rotatable bonds is 1. The summed E-state index contributed by atoms with van der Waals surface area (Å²) in [6.45, 7) is 0. The third-order valence-electron chi connectivity index (χ3n) is 1.54. The van der Waals surface area contributed by atoms with Gasteiger partial charge < -0.3 is 0 Å². The predicted molar refractivity (Wildman–Crippen MR) is 50.1 cm³/mol. The Morgan fingerprint density at radius 1 is 1.60 bits per heavy atom. The van der Waals surface area contributed by atoms with E-state index in [0.717, 1.165) is 24.8 Å². The highest BCUT2D eigenvalue weighted by molar-refractivity contribution is 14.1. The van der Waals surface area contributed by atoms with Crippen LogP contribution in [0, 0.1) is 0 Å². The molecule has 1 aliphatic carbocycles. The summed E-state index contributed by atoms with van der Waals surface area (Å²) in [5.41, 5.74) is 0.889. The van der Waals surface area contributed by atoms with Crippen molar-refractivity contribution in [3.05, 3.63) is 21.8 Å². The van der Waals surface area contributed by atoms with E-state index in [2.05, 4.69) is 22.6 Å². The van der Waals surface area contributed by atoms with Gasteiger partial charge >= 0.3 is 0 Å². The number of hydrogen-bond donors (Lipinski definition) is 0. The lowest BCUT2D eigenvalue weighted by molar-refractivity contribution is -0.115. The minimum absolute atomic E-state index is 0.291. The zero-order valence-corrected chi connectivity index (χ0v) is 7.80. The van der Waals surface area contributed by atoms with E-state index < -0.39 is 0 Å². The van der Waals surface area contributed by atoms with Crippen LogP contribution >= 0.6 is 22.6 Å². The first-order valence-corrected chi connectivity index (χ1v) is 4.59. The molecular formula is C8H9IO. The van der Waals surface area contributed by atoms with Crippen molar-refractivity contribution in [1.29, 1.82) is 0 Å². The Balaban J connectivity index is 2.71. The summed E-state index contributed by atoms with van der Waals surface area (Å²) < 4.78 is 1.88. The van der Waals surface area contributed by atoms with Gasteiger partial charge in [-0.05, 0) is 23.0 Å². The first-order chi connectivity index (χ1) is 4.84. The van der Waals surface area contributed by atoms with Crippen LogP contribution < -0.4 is 0 Å². The molecule has 0 saturated heterocycles. The fourth-order valence-corrected chi connectivity index (χ4v) is 1.39. The van der Waals surface area contributed by atoms with Crippen molar-refractivity contribution < 1.29 is 4.79 Å². The van der Waals surface area contributed by atoms with Crippen molar-refractivity contribution in [2.75, 3.05) is 0 Å². The molecule has 0 aromatic rings. The van der Waals surface area contributed by atoms with Gasteiger partial charge in [0.25, 0.3) is 0 Å². The normalized spacial score (nSPS) is 19.7. The molecule has 0 radical (unpaired) electrons. The average Bonchev–Trinajstić information content (AvgIpc) is 1.94. The van der Waals surface area contributed by atoms with Crippen LogP contribution in [0.3, 0.4) is 0 Å². The van der Waals surface area contributed by atoms with E-state index in [9.17, 15) is 4.79 Å². The van der Waals surface area contributed by atoms with Gasteiger partial charge in [-0.25, -0.2) is 0 Å². The Hall–Kier alpha value is -0.120. The topological polar surface area (TPSA) is 17.1 Å².